The first-order valence-corrected chi connectivity index (χ1v) is 14.1. The highest BCUT2D eigenvalue weighted by Gasteiger charge is 2.53. The van der Waals surface area contributed by atoms with Crippen molar-refractivity contribution in [2.75, 3.05) is 44.7 Å². The molecule has 4 aliphatic heterocycles. The summed E-state index contributed by atoms with van der Waals surface area (Å²) in [5, 5.41) is 10.4. The quantitative estimate of drug-likeness (QED) is 0.568. The van der Waals surface area contributed by atoms with Crippen molar-refractivity contribution >= 4 is 21.6 Å². The van der Waals surface area contributed by atoms with Gasteiger partial charge in [-0.2, -0.15) is 0 Å². The van der Waals surface area contributed by atoms with Crippen molar-refractivity contribution in [2.24, 2.45) is 0 Å². The zero-order valence-corrected chi connectivity index (χ0v) is 22.4. The number of fused-ring (bicyclic) bond motifs is 2. The van der Waals surface area contributed by atoms with Crippen molar-refractivity contribution in [1.82, 2.24) is 9.80 Å². The fraction of sp³-hybridized carbons (Fsp3) is 0.517. The predicted molar refractivity (Wildman–Crippen MR) is 144 cm³/mol. The average molecular weight is 553 g/mol. The lowest BCUT2D eigenvalue weighted by molar-refractivity contribution is 0.0801. The Kier molecular flexibility index (Phi) is 5.62. The van der Waals surface area contributed by atoms with Crippen molar-refractivity contribution in [3.8, 4) is 11.5 Å². The standard InChI is InChI=1S/C29H34BrN3O3/c1-35-25-15-24(30)23-18-31(10-9-29-8-7-22(34)14-26(29)36-28(25)27(23)29)11-12-32-16-21-13-20(32)17-33(21)19-5-3-2-4-6-19/h2-8,15,20-22,26,34H,9-14,16-18H2,1H3/t20?,21?,22-,26?,29?/m0/s1. The van der Waals surface area contributed by atoms with Crippen LogP contribution in [-0.2, 0) is 12.0 Å². The number of anilines is 1. The molecule has 0 aromatic heterocycles. The molecule has 1 N–H and O–H groups in total. The lowest BCUT2D eigenvalue weighted by atomic mass is 9.69. The second kappa shape index (κ2) is 8.76. The number of rotatable bonds is 5. The molecule has 190 valence electrons. The maximum atomic E-state index is 10.4. The molecule has 1 spiro atoms. The van der Waals surface area contributed by atoms with E-state index in [9.17, 15) is 5.11 Å². The highest BCUT2D eigenvalue weighted by Crippen LogP contribution is 2.57. The molecule has 0 amide bonds. The van der Waals surface area contributed by atoms with E-state index >= 15 is 0 Å². The van der Waals surface area contributed by atoms with Crippen LogP contribution in [0, 0.1) is 0 Å². The van der Waals surface area contributed by atoms with E-state index < -0.39 is 6.10 Å². The van der Waals surface area contributed by atoms with Gasteiger partial charge in [0, 0.05) is 67.0 Å². The van der Waals surface area contributed by atoms with Gasteiger partial charge in [-0.15, -0.1) is 0 Å². The molecule has 2 saturated heterocycles. The molecule has 0 saturated carbocycles. The number of likely N-dealkylation sites (tertiary alicyclic amines) is 1. The highest BCUT2D eigenvalue weighted by molar-refractivity contribution is 9.10. The summed E-state index contributed by atoms with van der Waals surface area (Å²) < 4.78 is 13.3. The number of aliphatic hydroxyl groups is 1. The van der Waals surface area contributed by atoms with Gasteiger partial charge in [-0.3, -0.25) is 9.80 Å². The largest absolute Gasteiger partial charge is 0.493 e. The summed E-state index contributed by atoms with van der Waals surface area (Å²) in [5.74, 6) is 1.65. The number of para-hydroxylation sites is 1. The van der Waals surface area contributed by atoms with Crippen LogP contribution in [0.1, 0.15) is 30.4 Å². The Hall–Kier alpha value is -2.06. The van der Waals surface area contributed by atoms with E-state index in [1.165, 1.54) is 23.2 Å². The van der Waals surface area contributed by atoms with E-state index in [1.54, 1.807) is 7.11 Å². The van der Waals surface area contributed by atoms with E-state index in [0.717, 1.165) is 61.7 Å². The molecule has 5 atom stereocenters. The van der Waals surface area contributed by atoms with E-state index in [0.29, 0.717) is 18.5 Å². The van der Waals surface area contributed by atoms with Crippen molar-refractivity contribution in [3.05, 3.63) is 64.1 Å². The summed E-state index contributed by atoms with van der Waals surface area (Å²) in [6, 6.07) is 14.2. The summed E-state index contributed by atoms with van der Waals surface area (Å²) in [4.78, 5) is 7.95. The minimum Gasteiger partial charge on any atom is -0.493 e. The van der Waals surface area contributed by atoms with Crippen LogP contribution in [0.3, 0.4) is 0 Å². The van der Waals surface area contributed by atoms with Crippen LogP contribution in [0.4, 0.5) is 5.69 Å². The summed E-state index contributed by atoms with van der Waals surface area (Å²) in [6.45, 7) is 6.40. The molecule has 4 heterocycles. The number of methoxy groups -OCH3 is 1. The van der Waals surface area contributed by atoms with Gasteiger partial charge in [0.25, 0.3) is 0 Å². The Bertz CT molecular complexity index is 1190. The van der Waals surface area contributed by atoms with Gasteiger partial charge in [0.05, 0.1) is 18.6 Å². The Morgan fingerprint density at radius 2 is 2.00 bits per heavy atom. The fourth-order valence-corrected chi connectivity index (χ4v) is 7.97. The average Bonchev–Trinajstić information content (AvgIpc) is 3.55. The third-order valence-electron chi connectivity index (χ3n) is 9.26. The van der Waals surface area contributed by atoms with E-state index in [4.69, 9.17) is 9.47 Å². The first kappa shape index (κ1) is 23.1. The zero-order valence-electron chi connectivity index (χ0n) is 20.8. The van der Waals surface area contributed by atoms with Crippen LogP contribution in [0.25, 0.3) is 0 Å². The van der Waals surface area contributed by atoms with Crippen LogP contribution in [0.5, 0.6) is 11.5 Å². The Labute approximate surface area is 221 Å². The number of nitrogens with zero attached hydrogens (tertiary/aromatic N) is 3. The maximum Gasteiger partial charge on any atom is 0.166 e. The number of ether oxygens (including phenoxy) is 2. The van der Waals surface area contributed by atoms with Gasteiger partial charge in [0.15, 0.2) is 11.5 Å². The van der Waals surface area contributed by atoms with Crippen LogP contribution in [0.15, 0.2) is 53.0 Å². The van der Waals surface area contributed by atoms with Crippen molar-refractivity contribution < 1.29 is 14.6 Å². The van der Waals surface area contributed by atoms with Gasteiger partial charge in [-0.25, -0.2) is 0 Å². The summed E-state index contributed by atoms with van der Waals surface area (Å²) in [6.07, 6.45) is 6.60. The topological polar surface area (TPSA) is 48.4 Å². The minimum absolute atomic E-state index is 0.0484. The molecular weight excluding hydrogens is 518 g/mol. The van der Waals surface area contributed by atoms with Crippen molar-refractivity contribution in [2.45, 2.75) is 55.5 Å². The van der Waals surface area contributed by atoms with Crippen LogP contribution >= 0.6 is 15.9 Å². The number of halogens is 1. The van der Waals surface area contributed by atoms with Gasteiger partial charge in [0.2, 0.25) is 0 Å². The molecule has 7 rings (SSSR count). The highest BCUT2D eigenvalue weighted by atomic mass is 79.9. The van der Waals surface area contributed by atoms with Gasteiger partial charge in [-0.05, 0) is 43.1 Å². The summed E-state index contributed by atoms with van der Waals surface area (Å²) in [5.41, 5.74) is 3.75. The summed E-state index contributed by atoms with van der Waals surface area (Å²) in [7, 11) is 1.71. The van der Waals surface area contributed by atoms with Gasteiger partial charge in [0.1, 0.15) is 6.10 Å². The normalized spacial score (nSPS) is 32.8. The third-order valence-corrected chi connectivity index (χ3v) is 9.97. The first-order chi connectivity index (χ1) is 17.6. The second-order valence-corrected chi connectivity index (χ2v) is 12.0. The SMILES string of the molecule is COc1cc(Br)c2c3c1OC1C[C@@H](O)C=CC31CCN(CCN1CC3CC1CN3c1ccccc1)C2. The molecule has 2 bridgehead atoms. The van der Waals surface area contributed by atoms with Crippen molar-refractivity contribution in [3.63, 3.8) is 0 Å². The number of aliphatic hydroxyl groups excluding tert-OH is 1. The molecule has 6 nitrogen and oxygen atoms in total. The molecule has 1 aliphatic carbocycles. The van der Waals surface area contributed by atoms with Crippen molar-refractivity contribution in [1.29, 1.82) is 0 Å². The lowest BCUT2D eigenvalue weighted by Crippen LogP contribution is -2.48. The number of hydrogen-bond acceptors (Lipinski definition) is 6. The number of benzene rings is 2. The smallest absolute Gasteiger partial charge is 0.166 e. The van der Waals surface area contributed by atoms with E-state index in [1.807, 2.05) is 6.08 Å². The molecule has 2 fully saturated rings. The first-order valence-electron chi connectivity index (χ1n) is 13.3. The van der Waals surface area contributed by atoms with Crippen LogP contribution in [-0.4, -0.2) is 79.0 Å². The van der Waals surface area contributed by atoms with Crippen LogP contribution < -0.4 is 14.4 Å². The molecule has 36 heavy (non-hydrogen) atoms. The molecule has 4 unspecified atom stereocenters. The molecule has 2 aromatic rings. The van der Waals surface area contributed by atoms with Gasteiger partial charge in [-0.1, -0.05) is 46.3 Å². The van der Waals surface area contributed by atoms with Gasteiger partial charge >= 0.3 is 0 Å². The fourth-order valence-electron chi connectivity index (χ4n) is 7.44. The Morgan fingerprint density at radius 3 is 2.78 bits per heavy atom. The monoisotopic (exact) mass is 551 g/mol. The maximum absolute atomic E-state index is 10.4. The second-order valence-electron chi connectivity index (χ2n) is 11.1. The molecule has 0 radical (unpaired) electrons. The Balaban J connectivity index is 1.10. The number of hydrogen-bond donors (Lipinski definition) is 1. The minimum atomic E-state index is -0.451. The molecular formula is C29H34BrN3O3. The third kappa shape index (κ3) is 3.54. The van der Waals surface area contributed by atoms with E-state index in [2.05, 4.69) is 73.1 Å². The lowest BCUT2D eigenvalue weighted by Gasteiger charge is -2.37. The van der Waals surface area contributed by atoms with Crippen LogP contribution in [0.2, 0.25) is 0 Å². The molecule has 2 aromatic carbocycles. The van der Waals surface area contributed by atoms with Gasteiger partial charge < -0.3 is 19.5 Å². The number of piperazine rings is 1. The van der Waals surface area contributed by atoms with E-state index in [-0.39, 0.29) is 11.5 Å². The Morgan fingerprint density at radius 1 is 1.14 bits per heavy atom. The molecule has 7 heteroatoms. The molecule has 5 aliphatic rings. The predicted octanol–water partition coefficient (Wildman–Crippen LogP) is 3.95. The summed E-state index contributed by atoms with van der Waals surface area (Å²) >= 11 is 3.87. The zero-order chi connectivity index (χ0) is 24.4.